The van der Waals surface area contributed by atoms with Gasteiger partial charge in [0.2, 0.25) is 0 Å². The minimum atomic E-state index is -4.80. The molecule has 1 aromatic carbocycles. The molecule has 0 aliphatic carbocycles. The van der Waals surface area contributed by atoms with Crippen molar-refractivity contribution in [2.75, 3.05) is 6.26 Å². The van der Waals surface area contributed by atoms with Crippen LogP contribution in [-0.4, -0.2) is 29.4 Å². The molecule has 12 heteroatoms. The topological polar surface area (TPSA) is 64.8 Å². The number of thiazole rings is 1. The largest absolute Gasteiger partial charge is 0.435 e. The van der Waals surface area contributed by atoms with Crippen LogP contribution in [0.5, 0.6) is 0 Å². The maximum Gasteiger partial charge on any atom is 0.435 e. The molecule has 0 aliphatic heterocycles. The molecule has 144 valence electrons. The van der Waals surface area contributed by atoms with Crippen LogP contribution in [0, 0.1) is 18.6 Å². The first-order valence-corrected chi connectivity index (χ1v) is 9.94. The molecule has 2 aromatic heterocycles. The summed E-state index contributed by atoms with van der Waals surface area (Å²) in [5.41, 5.74) is -1.88. The van der Waals surface area contributed by atoms with E-state index in [0.717, 1.165) is 16.0 Å². The zero-order valence-corrected chi connectivity index (χ0v) is 15.3. The maximum absolute atomic E-state index is 14.2. The SMILES string of the molecule is Cc1nc(-n2nc(C(F)(F)F)cc2-c2cc(F)c(S(C)(=O)=O)c(F)c2)cs1. The van der Waals surface area contributed by atoms with Crippen LogP contribution < -0.4 is 0 Å². The van der Waals surface area contributed by atoms with Crippen LogP contribution in [-0.2, 0) is 16.0 Å². The Morgan fingerprint density at radius 3 is 2.15 bits per heavy atom. The summed E-state index contributed by atoms with van der Waals surface area (Å²) in [7, 11) is -4.20. The van der Waals surface area contributed by atoms with Gasteiger partial charge in [-0.05, 0) is 25.1 Å². The number of alkyl halides is 3. The van der Waals surface area contributed by atoms with Gasteiger partial charge >= 0.3 is 6.18 Å². The van der Waals surface area contributed by atoms with Gasteiger partial charge in [0, 0.05) is 17.2 Å². The van der Waals surface area contributed by atoms with Crippen molar-refractivity contribution in [1.29, 1.82) is 0 Å². The summed E-state index contributed by atoms with van der Waals surface area (Å²) in [6.45, 7) is 1.63. The molecule has 27 heavy (non-hydrogen) atoms. The minimum absolute atomic E-state index is 0.0380. The molecule has 0 N–H and O–H groups in total. The first kappa shape index (κ1) is 19.4. The Kier molecular flexibility index (Phi) is 4.58. The first-order valence-electron chi connectivity index (χ1n) is 7.17. The number of sulfone groups is 1. The predicted molar refractivity (Wildman–Crippen MR) is 87.4 cm³/mol. The second-order valence-electron chi connectivity index (χ2n) is 5.59. The molecular weight excluding hydrogens is 413 g/mol. The van der Waals surface area contributed by atoms with Gasteiger partial charge in [-0.3, -0.25) is 0 Å². The fourth-order valence-corrected chi connectivity index (χ4v) is 3.81. The van der Waals surface area contributed by atoms with Crippen molar-refractivity contribution in [2.45, 2.75) is 18.0 Å². The van der Waals surface area contributed by atoms with Gasteiger partial charge in [-0.2, -0.15) is 18.3 Å². The van der Waals surface area contributed by atoms with Gasteiger partial charge in [-0.1, -0.05) is 0 Å². The molecule has 0 atom stereocenters. The van der Waals surface area contributed by atoms with Crippen LogP contribution >= 0.6 is 11.3 Å². The number of hydrogen-bond donors (Lipinski definition) is 0. The van der Waals surface area contributed by atoms with E-state index in [4.69, 9.17) is 0 Å². The van der Waals surface area contributed by atoms with Gasteiger partial charge in [-0.15, -0.1) is 11.3 Å². The Labute approximate surface area is 154 Å². The van der Waals surface area contributed by atoms with Crippen LogP contribution in [0.3, 0.4) is 0 Å². The summed E-state index contributed by atoms with van der Waals surface area (Å²) in [6.07, 6.45) is -4.17. The Morgan fingerprint density at radius 2 is 1.70 bits per heavy atom. The number of benzene rings is 1. The summed E-state index contributed by atoms with van der Waals surface area (Å²) >= 11 is 1.15. The van der Waals surface area contributed by atoms with Gasteiger partial charge in [0.15, 0.2) is 21.3 Å². The Morgan fingerprint density at radius 1 is 1.11 bits per heavy atom. The Balaban J connectivity index is 2.27. The van der Waals surface area contributed by atoms with Gasteiger partial charge in [0.25, 0.3) is 0 Å². The summed E-state index contributed by atoms with van der Waals surface area (Å²) in [5.74, 6) is -2.79. The number of aromatic nitrogens is 3. The second kappa shape index (κ2) is 6.37. The third-order valence-electron chi connectivity index (χ3n) is 3.49. The van der Waals surface area contributed by atoms with E-state index in [-0.39, 0.29) is 17.1 Å². The number of nitrogens with zero attached hydrogens (tertiary/aromatic N) is 3. The smallest absolute Gasteiger partial charge is 0.224 e. The molecule has 0 spiro atoms. The lowest BCUT2D eigenvalue weighted by Crippen LogP contribution is -2.08. The molecule has 0 fully saturated rings. The van der Waals surface area contributed by atoms with E-state index in [1.165, 1.54) is 5.38 Å². The van der Waals surface area contributed by atoms with Crippen molar-refractivity contribution in [1.82, 2.24) is 14.8 Å². The molecule has 0 bridgehead atoms. The summed E-state index contributed by atoms with van der Waals surface area (Å²) in [4.78, 5) is 2.88. The highest BCUT2D eigenvalue weighted by Crippen LogP contribution is 2.34. The Bertz CT molecular complexity index is 1110. The fourth-order valence-electron chi connectivity index (χ4n) is 2.41. The second-order valence-corrected chi connectivity index (χ2v) is 8.61. The Hall–Kier alpha value is -2.34. The van der Waals surface area contributed by atoms with E-state index in [9.17, 15) is 30.4 Å². The van der Waals surface area contributed by atoms with Crippen molar-refractivity contribution < 1.29 is 30.4 Å². The van der Waals surface area contributed by atoms with Crippen LogP contribution in [0.2, 0.25) is 0 Å². The molecule has 0 amide bonds. The zero-order chi connectivity index (χ0) is 20.1. The summed E-state index contributed by atoms with van der Waals surface area (Å²) in [6, 6.07) is 1.90. The van der Waals surface area contributed by atoms with Gasteiger partial charge in [0.05, 0.1) is 10.7 Å². The van der Waals surface area contributed by atoms with E-state index >= 15 is 0 Å². The number of rotatable bonds is 3. The minimum Gasteiger partial charge on any atom is -0.224 e. The van der Waals surface area contributed by atoms with Crippen LogP contribution in [0.1, 0.15) is 10.7 Å². The van der Waals surface area contributed by atoms with Crippen molar-refractivity contribution >= 4 is 21.2 Å². The van der Waals surface area contributed by atoms with Crippen molar-refractivity contribution in [3.05, 3.63) is 45.9 Å². The lowest BCUT2D eigenvalue weighted by Gasteiger charge is -2.08. The third-order valence-corrected chi connectivity index (χ3v) is 5.38. The normalized spacial score (nSPS) is 12.6. The van der Waals surface area contributed by atoms with Gasteiger partial charge in [-0.25, -0.2) is 26.9 Å². The summed E-state index contributed by atoms with van der Waals surface area (Å²) < 4.78 is 91.4. The van der Waals surface area contributed by atoms with E-state index in [1.54, 1.807) is 6.92 Å². The van der Waals surface area contributed by atoms with Crippen LogP contribution in [0.25, 0.3) is 17.1 Å². The molecular formula is C15H10F5N3O2S2. The predicted octanol–water partition coefficient (Wildman–Crippen LogP) is 4.00. The zero-order valence-electron chi connectivity index (χ0n) is 13.7. The van der Waals surface area contributed by atoms with E-state index in [1.807, 2.05) is 0 Å². The van der Waals surface area contributed by atoms with E-state index < -0.39 is 38.2 Å². The van der Waals surface area contributed by atoms with Crippen LogP contribution in [0.4, 0.5) is 22.0 Å². The molecule has 0 aliphatic rings. The average molecular weight is 423 g/mol. The maximum atomic E-state index is 14.2. The van der Waals surface area contributed by atoms with Gasteiger partial charge < -0.3 is 0 Å². The van der Waals surface area contributed by atoms with Gasteiger partial charge in [0.1, 0.15) is 16.5 Å². The number of halogens is 5. The lowest BCUT2D eigenvalue weighted by atomic mass is 10.1. The molecule has 0 radical (unpaired) electrons. The molecule has 0 saturated carbocycles. The molecule has 0 unspecified atom stereocenters. The quantitative estimate of drug-likeness (QED) is 0.598. The monoisotopic (exact) mass is 423 g/mol. The molecule has 3 rings (SSSR count). The highest BCUT2D eigenvalue weighted by atomic mass is 32.2. The summed E-state index contributed by atoms with van der Waals surface area (Å²) in [5, 5.41) is 5.42. The van der Waals surface area contributed by atoms with Crippen molar-refractivity contribution in [2.24, 2.45) is 0 Å². The molecule has 2 heterocycles. The molecule has 0 saturated heterocycles. The fraction of sp³-hybridized carbons (Fsp3) is 0.200. The highest BCUT2D eigenvalue weighted by molar-refractivity contribution is 7.90. The first-order chi connectivity index (χ1) is 12.4. The van der Waals surface area contributed by atoms with Crippen LogP contribution in [0.15, 0.2) is 28.5 Å². The van der Waals surface area contributed by atoms with Crippen molar-refractivity contribution in [3.63, 3.8) is 0 Å². The lowest BCUT2D eigenvalue weighted by molar-refractivity contribution is -0.141. The highest BCUT2D eigenvalue weighted by Gasteiger charge is 2.36. The molecule has 3 aromatic rings. The van der Waals surface area contributed by atoms with E-state index in [0.29, 0.717) is 29.5 Å². The standard InChI is InChI=1S/C15H10F5N3O2S2/c1-7-21-13(6-26-7)23-11(5-12(22-23)15(18,19)20)8-3-9(16)14(10(17)4-8)27(2,24)25/h3-6H,1-2H3. The van der Waals surface area contributed by atoms with Crippen molar-refractivity contribution in [3.8, 4) is 17.1 Å². The number of aryl methyl sites for hydroxylation is 1. The van der Waals surface area contributed by atoms with E-state index in [2.05, 4.69) is 10.1 Å². The third kappa shape index (κ3) is 3.72. The average Bonchev–Trinajstić information content (AvgIpc) is 3.10. The number of hydrogen-bond acceptors (Lipinski definition) is 5. The molecule has 5 nitrogen and oxygen atoms in total.